The van der Waals surface area contributed by atoms with Crippen LogP contribution in [0.1, 0.15) is 43.5 Å². The maximum absolute atomic E-state index is 10.9. The van der Waals surface area contributed by atoms with Crippen LogP contribution >= 0.6 is 11.3 Å². The Hall–Kier alpha value is -1.50. The van der Waals surface area contributed by atoms with Crippen molar-refractivity contribution in [3.8, 4) is 0 Å². The monoisotopic (exact) mass is 269 g/mol. The highest BCUT2D eigenvalue weighted by molar-refractivity contribution is 7.15. The first-order valence-electron chi connectivity index (χ1n) is 5.87. The lowest BCUT2D eigenvalue weighted by atomic mass is 10.0. The minimum atomic E-state index is -0.739. The van der Waals surface area contributed by atoms with Gasteiger partial charge in [-0.25, -0.2) is 0 Å². The second kappa shape index (κ2) is 5.43. The fourth-order valence-electron chi connectivity index (χ4n) is 2.33. The molecule has 2 rings (SSSR count). The van der Waals surface area contributed by atoms with Gasteiger partial charge in [-0.2, -0.15) is 0 Å². The largest absolute Gasteiger partial charge is 0.481 e. The number of aromatic nitrogens is 2. The molecular weight excluding hydrogens is 254 g/mol. The third kappa shape index (κ3) is 3.25. The zero-order chi connectivity index (χ0) is 13.1. The van der Waals surface area contributed by atoms with Crippen molar-refractivity contribution >= 4 is 28.3 Å². The Morgan fingerprint density at radius 1 is 1.44 bits per heavy atom. The Morgan fingerprint density at radius 2 is 2.22 bits per heavy atom. The predicted octanol–water partition coefficient (Wildman–Crippen LogP) is 1.85. The molecule has 98 valence electrons. The van der Waals surface area contributed by atoms with Crippen LogP contribution in [0.4, 0.5) is 5.13 Å². The van der Waals surface area contributed by atoms with Gasteiger partial charge in [0.05, 0.1) is 0 Å². The van der Waals surface area contributed by atoms with E-state index in [1.54, 1.807) is 0 Å². The summed E-state index contributed by atoms with van der Waals surface area (Å²) in [4.78, 5) is 21.5. The van der Waals surface area contributed by atoms with Gasteiger partial charge in [-0.3, -0.25) is 9.59 Å². The summed E-state index contributed by atoms with van der Waals surface area (Å²) >= 11 is 1.38. The van der Waals surface area contributed by atoms with Gasteiger partial charge in [0.15, 0.2) is 0 Å². The standard InChI is InChI=1S/C11H15N3O3S/c1-6(15)12-11-14-13-10(18-11)8-3-2-7(4-8)5-9(16)17/h7-8H,2-5H2,1H3,(H,16,17)(H,12,14,15)/t7-,8+/m0/s1. The Balaban J connectivity index is 1.94. The van der Waals surface area contributed by atoms with Crippen LogP contribution in [0.3, 0.4) is 0 Å². The first-order valence-corrected chi connectivity index (χ1v) is 6.69. The van der Waals surface area contributed by atoms with Crippen LogP contribution in [0.25, 0.3) is 0 Å². The van der Waals surface area contributed by atoms with Crippen LogP contribution in [0.5, 0.6) is 0 Å². The first kappa shape index (κ1) is 12.9. The van der Waals surface area contributed by atoms with Crippen LogP contribution in [-0.2, 0) is 9.59 Å². The number of nitrogens with zero attached hydrogens (tertiary/aromatic N) is 2. The first-order chi connectivity index (χ1) is 8.54. The van der Waals surface area contributed by atoms with Crippen molar-refractivity contribution < 1.29 is 14.7 Å². The number of carbonyl (C=O) groups is 2. The number of hydrogen-bond acceptors (Lipinski definition) is 5. The van der Waals surface area contributed by atoms with Crippen molar-refractivity contribution in [3.05, 3.63) is 5.01 Å². The molecule has 18 heavy (non-hydrogen) atoms. The average molecular weight is 269 g/mol. The van der Waals surface area contributed by atoms with E-state index in [1.807, 2.05) is 0 Å². The summed E-state index contributed by atoms with van der Waals surface area (Å²) < 4.78 is 0. The van der Waals surface area contributed by atoms with Gasteiger partial charge < -0.3 is 10.4 Å². The molecule has 1 aromatic heterocycles. The number of carbonyl (C=O) groups excluding carboxylic acids is 1. The summed E-state index contributed by atoms with van der Waals surface area (Å²) in [5.74, 6) is -0.375. The fourth-order valence-corrected chi connectivity index (χ4v) is 3.27. The highest BCUT2D eigenvalue weighted by atomic mass is 32.1. The Kier molecular flexibility index (Phi) is 3.90. The van der Waals surface area contributed by atoms with E-state index < -0.39 is 5.97 Å². The molecule has 0 saturated heterocycles. The van der Waals surface area contributed by atoms with Crippen molar-refractivity contribution in [2.45, 2.75) is 38.5 Å². The van der Waals surface area contributed by atoms with Crippen LogP contribution in [0.2, 0.25) is 0 Å². The van der Waals surface area contributed by atoms with Gasteiger partial charge in [-0.05, 0) is 25.2 Å². The molecule has 1 aromatic rings. The van der Waals surface area contributed by atoms with E-state index in [2.05, 4.69) is 15.5 Å². The predicted molar refractivity (Wildman–Crippen MR) is 66.5 cm³/mol. The molecule has 0 aliphatic heterocycles. The summed E-state index contributed by atoms with van der Waals surface area (Å²) in [6, 6.07) is 0. The molecule has 1 heterocycles. The topological polar surface area (TPSA) is 92.2 Å². The molecule has 1 saturated carbocycles. The van der Waals surface area contributed by atoms with E-state index in [0.29, 0.717) is 5.13 Å². The molecule has 2 atom stereocenters. The maximum Gasteiger partial charge on any atom is 0.303 e. The van der Waals surface area contributed by atoms with Crippen LogP contribution in [0, 0.1) is 5.92 Å². The molecular formula is C11H15N3O3S. The number of hydrogen-bond donors (Lipinski definition) is 2. The molecule has 0 spiro atoms. The molecule has 6 nitrogen and oxygen atoms in total. The summed E-state index contributed by atoms with van der Waals surface area (Å²) in [6.45, 7) is 1.43. The van der Waals surface area contributed by atoms with E-state index >= 15 is 0 Å². The van der Waals surface area contributed by atoms with Crippen molar-refractivity contribution in [1.29, 1.82) is 0 Å². The lowest BCUT2D eigenvalue weighted by molar-refractivity contribution is -0.138. The van der Waals surface area contributed by atoms with Gasteiger partial charge in [0.2, 0.25) is 11.0 Å². The Labute approximate surface area is 108 Å². The Morgan fingerprint density at radius 3 is 2.89 bits per heavy atom. The van der Waals surface area contributed by atoms with Crippen molar-refractivity contribution in [2.75, 3.05) is 5.32 Å². The molecule has 1 aliphatic carbocycles. The lowest BCUT2D eigenvalue weighted by Gasteiger charge is -2.05. The summed E-state index contributed by atoms with van der Waals surface area (Å²) in [7, 11) is 0. The number of carboxylic acids is 1. The van der Waals surface area contributed by atoms with Crippen molar-refractivity contribution in [3.63, 3.8) is 0 Å². The van der Waals surface area contributed by atoms with Gasteiger partial charge in [0.1, 0.15) is 5.01 Å². The minimum absolute atomic E-state index is 0.159. The van der Waals surface area contributed by atoms with Crippen molar-refractivity contribution in [2.24, 2.45) is 5.92 Å². The van der Waals surface area contributed by atoms with Crippen molar-refractivity contribution in [1.82, 2.24) is 10.2 Å². The highest BCUT2D eigenvalue weighted by Gasteiger charge is 2.29. The summed E-state index contributed by atoms with van der Waals surface area (Å²) in [6.07, 6.45) is 2.95. The average Bonchev–Trinajstić information content (AvgIpc) is 2.85. The van der Waals surface area contributed by atoms with Gasteiger partial charge in [-0.15, -0.1) is 10.2 Å². The molecule has 2 N–H and O–H groups in total. The molecule has 0 aromatic carbocycles. The second-order valence-corrected chi connectivity index (χ2v) is 5.61. The SMILES string of the molecule is CC(=O)Nc1nnc([C@@H]2CC[C@H](CC(=O)O)C2)s1. The van der Waals surface area contributed by atoms with E-state index in [4.69, 9.17) is 5.11 Å². The van der Waals surface area contributed by atoms with Gasteiger partial charge in [0.25, 0.3) is 0 Å². The van der Waals surface area contributed by atoms with Crippen LogP contribution < -0.4 is 5.32 Å². The number of nitrogens with one attached hydrogen (secondary N) is 1. The van der Waals surface area contributed by atoms with E-state index in [9.17, 15) is 9.59 Å². The highest BCUT2D eigenvalue weighted by Crippen LogP contribution is 2.41. The number of aliphatic carboxylic acids is 1. The smallest absolute Gasteiger partial charge is 0.303 e. The quantitative estimate of drug-likeness (QED) is 0.870. The number of carboxylic acid groups (broad SMARTS) is 1. The number of rotatable bonds is 4. The van der Waals surface area contributed by atoms with Gasteiger partial charge in [0, 0.05) is 19.3 Å². The molecule has 0 radical (unpaired) electrons. The minimum Gasteiger partial charge on any atom is -0.481 e. The maximum atomic E-state index is 10.9. The van der Waals surface area contributed by atoms with E-state index in [1.165, 1.54) is 18.3 Å². The molecule has 7 heteroatoms. The summed E-state index contributed by atoms with van der Waals surface area (Å²) in [5, 5.41) is 20.8. The van der Waals surface area contributed by atoms with E-state index in [0.717, 1.165) is 24.3 Å². The van der Waals surface area contributed by atoms with E-state index in [-0.39, 0.29) is 24.2 Å². The lowest BCUT2D eigenvalue weighted by Crippen LogP contribution is -2.04. The van der Waals surface area contributed by atoms with Gasteiger partial charge >= 0.3 is 5.97 Å². The third-order valence-corrected chi connectivity index (χ3v) is 4.08. The van der Waals surface area contributed by atoms with Crippen LogP contribution in [-0.4, -0.2) is 27.2 Å². The normalized spacial score (nSPS) is 22.9. The summed E-state index contributed by atoms with van der Waals surface area (Å²) in [5.41, 5.74) is 0. The molecule has 1 amide bonds. The second-order valence-electron chi connectivity index (χ2n) is 4.60. The van der Waals surface area contributed by atoms with Gasteiger partial charge in [-0.1, -0.05) is 11.3 Å². The Bertz CT molecular complexity index is 460. The van der Waals surface area contributed by atoms with Crippen LogP contribution in [0.15, 0.2) is 0 Å². The number of anilines is 1. The molecule has 1 aliphatic rings. The zero-order valence-electron chi connectivity index (χ0n) is 10.0. The molecule has 0 unspecified atom stereocenters. The number of amides is 1. The molecule has 0 bridgehead atoms. The fraction of sp³-hybridized carbons (Fsp3) is 0.636. The molecule has 1 fully saturated rings. The zero-order valence-corrected chi connectivity index (χ0v) is 10.9. The third-order valence-electron chi connectivity index (χ3n) is 3.08.